The molecule has 92 valence electrons. The fourth-order valence-electron chi connectivity index (χ4n) is 2.35. The van der Waals surface area contributed by atoms with E-state index >= 15 is 0 Å². The molecule has 1 aliphatic rings. The molecule has 0 fully saturated rings. The molecule has 3 nitrogen and oxygen atoms in total. The van der Waals surface area contributed by atoms with Crippen molar-refractivity contribution in [1.82, 2.24) is 5.32 Å². The molecule has 0 radical (unpaired) electrons. The van der Waals surface area contributed by atoms with Gasteiger partial charge in [-0.1, -0.05) is 25.1 Å². The Morgan fingerprint density at radius 2 is 2.24 bits per heavy atom. The van der Waals surface area contributed by atoms with E-state index in [4.69, 9.17) is 0 Å². The number of carbonyl (C=O) groups is 1. The topological polar surface area (TPSA) is 32.3 Å². The van der Waals surface area contributed by atoms with Gasteiger partial charge in [0, 0.05) is 18.3 Å². The number of benzene rings is 1. The highest BCUT2D eigenvalue weighted by atomic mass is 16.2. The summed E-state index contributed by atoms with van der Waals surface area (Å²) >= 11 is 0. The Balaban J connectivity index is 2.04. The molecule has 0 aliphatic carbocycles. The summed E-state index contributed by atoms with van der Waals surface area (Å²) in [5.41, 5.74) is 2.56. The van der Waals surface area contributed by atoms with Crippen LogP contribution in [-0.2, 0) is 11.2 Å². The summed E-state index contributed by atoms with van der Waals surface area (Å²) in [5, 5.41) is 2.93. The SMILES string of the molecule is CCCNC(=O)CN1c2ccccc2CC1C. The minimum Gasteiger partial charge on any atom is -0.359 e. The lowest BCUT2D eigenvalue weighted by Gasteiger charge is -2.24. The van der Waals surface area contributed by atoms with Crippen molar-refractivity contribution in [1.29, 1.82) is 0 Å². The number of anilines is 1. The van der Waals surface area contributed by atoms with Gasteiger partial charge in [-0.05, 0) is 31.4 Å². The lowest BCUT2D eigenvalue weighted by Crippen LogP contribution is -2.40. The molecule has 0 aromatic heterocycles. The summed E-state index contributed by atoms with van der Waals surface area (Å²) in [6.07, 6.45) is 2.02. The van der Waals surface area contributed by atoms with E-state index in [1.807, 2.05) is 6.07 Å². The van der Waals surface area contributed by atoms with Gasteiger partial charge < -0.3 is 10.2 Å². The van der Waals surface area contributed by atoms with Crippen molar-refractivity contribution in [3.05, 3.63) is 29.8 Å². The van der Waals surface area contributed by atoms with Crippen LogP contribution in [0.5, 0.6) is 0 Å². The van der Waals surface area contributed by atoms with Crippen LogP contribution in [0, 0.1) is 0 Å². The molecule has 1 aromatic rings. The number of amides is 1. The fourth-order valence-corrected chi connectivity index (χ4v) is 2.35. The fraction of sp³-hybridized carbons (Fsp3) is 0.500. The molecule has 17 heavy (non-hydrogen) atoms. The van der Waals surface area contributed by atoms with Gasteiger partial charge in [0.2, 0.25) is 5.91 Å². The number of para-hydroxylation sites is 1. The summed E-state index contributed by atoms with van der Waals surface area (Å²) in [6, 6.07) is 8.77. The second-order valence-corrected chi connectivity index (χ2v) is 4.66. The Morgan fingerprint density at radius 1 is 1.47 bits per heavy atom. The molecule has 0 saturated carbocycles. The summed E-state index contributed by atoms with van der Waals surface area (Å²) in [6.45, 7) is 5.47. The van der Waals surface area contributed by atoms with Crippen LogP contribution in [0.2, 0.25) is 0 Å². The third-order valence-electron chi connectivity index (χ3n) is 3.23. The molecule has 2 rings (SSSR count). The normalized spacial score (nSPS) is 18.0. The van der Waals surface area contributed by atoms with Gasteiger partial charge in [-0.3, -0.25) is 4.79 Å². The Bertz CT molecular complexity index is 403. The van der Waals surface area contributed by atoms with Gasteiger partial charge in [-0.2, -0.15) is 0 Å². The Labute approximate surface area is 103 Å². The summed E-state index contributed by atoms with van der Waals surface area (Å²) in [5.74, 6) is 0.121. The Morgan fingerprint density at radius 3 is 3.00 bits per heavy atom. The maximum absolute atomic E-state index is 11.8. The highest BCUT2D eigenvalue weighted by Crippen LogP contribution is 2.31. The zero-order valence-electron chi connectivity index (χ0n) is 10.6. The molecule has 1 unspecified atom stereocenters. The number of nitrogens with zero attached hydrogens (tertiary/aromatic N) is 1. The van der Waals surface area contributed by atoms with Gasteiger partial charge in [-0.25, -0.2) is 0 Å². The van der Waals surface area contributed by atoms with Crippen molar-refractivity contribution in [3.63, 3.8) is 0 Å². The average Bonchev–Trinajstić information content (AvgIpc) is 2.64. The molecule has 1 aromatic carbocycles. The number of fused-ring (bicyclic) bond motifs is 1. The van der Waals surface area contributed by atoms with Gasteiger partial charge in [0.05, 0.1) is 6.54 Å². The zero-order valence-corrected chi connectivity index (χ0v) is 10.6. The van der Waals surface area contributed by atoms with Crippen LogP contribution < -0.4 is 10.2 Å². The first-order valence-corrected chi connectivity index (χ1v) is 6.33. The second kappa shape index (κ2) is 5.21. The van der Waals surface area contributed by atoms with Crippen LogP contribution in [-0.4, -0.2) is 25.0 Å². The van der Waals surface area contributed by atoms with E-state index in [1.165, 1.54) is 11.3 Å². The van der Waals surface area contributed by atoms with Crippen molar-refractivity contribution in [2.45, 2.75) is 32.7 Å². The van der Waals surface area contributed by atoms with Crippen LogP contribution in [0.3, 0.4) is 0 Å². The van der Waals surface area contributed by atoms with Gasteiger partial charge in [0.1, 0.15) is 0 Å². The molecule has 1 N–H and O–H groups in total. The van der Waals surface area contributed by atoms with Crippen LogP contribution in [0.4, 0.5) is 5.69 Å². The summed E-state index contributed by atoms with van der Waals surface area (Å²) in [4.78, 5) is 14.0. The van der Waals surface area contributed by atoms with Gasteiger partial charge >= 0.3 is 0 Å². The van der Waals surface area contributed by atoms with Crippen LogP contribution in [0.25, 0.3) is 0 Å². The highest BCUT2D eigenvalue weighted by Gasteiger charge is 2.26. The van der Waals surface area contributed by atoms with Gasteiger partial charge in [0.15, 0.2) is 0 Å². The third kappa shape index (κ3) is 2.60. The maximum atomic E-state index is 11.8. The zero-order chi connectivity index (χ0) is 12.3. The molecular formula is C14H20N2O. The van der Waals surface area contributed by atoms with E-state index in [9.17, 15) is 4.79 Å². The summed E-state index contributed by atoms with van der Waals surface area (Å²) in [7, 11) is 0. The lowest BCUT2D eigenvalue weighted by atomic mass is 10.1. The van der Waals surface area contributed by atoms with E-state index < -0.39 is 0 Å². The molecule has 1 amide bonds. The predicted octanol–water partition coefficient (Wildman–Crippen LogP) is 1.96. The van der Waals surface area contributed by atoms with Crippen LogP contribution in [0.15, 0.2) is 24.3 Å². The quantitative estimate of drug-likeness (QED) is 0.860. The Kier molecular flexibility index (Phi) is 3.67. The lowest BCUT2D eigenvalue weighted by molar-refractivity contribution is -0.119. The number of carbonyl (C=O) groups excluding carboxylic acids is 1. The minimum atomic E-state index is 0.121. The average molecular weight is 232 g/mol. The van der Waals surface area contributed by atoms with Crippen LogP contribution in [0.1, 0.15) is 25.8 Å². The molecule has 0 saturated heterocycles. The van der Waals surface area contributed by atoms with E-state index in [2.05, 4.69) is 42.3 Å². The summed E-state index contributed by atoms with van der Waals surface area (Å²) < 4.78 is 0. The van der Waals surface area contributed by atoms with Crippen molar-refractivity contribution in [2.75, 3.05) is 18.0 Å². The standard InChI is InChI=1S/C14H20N2O/c1-3-8-15-14(17)10-16-11(2)9-12-6-4-5-7-13(12)16/h4-7,11H,3,8-10H2,1-2H3,(H,15,17). The van der Waals surface area contributed by atoms with Crippen molar-refractivity contribution in [3.8, 4) is 0 Å². The smallest absolute Gasteiger partial charge is 0.239 e. The second-order valence-electron chi connectivity index (χ2n) is 4.66. The maximum Gasteiger partial charge on any atom is 0.239 e. The van der Waals surface area contributed by atoms with E-state index in [-0.39, 0.29) is 5.91 Å². The number of hydrogen-bond donors (Lipinski definition) is 1. The number of hydrogen-bond acceptors (Lipinski definition) is 2. The molecule has 1 aliphatic heterocycles. The van der Waals surface area contributed by atoms with E-state index in [0.29, 0.717) is 12.6 Å². The van der Waals surface area contributed by atoms with Crippen molar-refractivity contribution >= 4 is 11.6 Å². The molecular weight excluding hydrogens is 212 g/mol. The minimum absolute atomic E-state index is 0.121. The highest BCUT2D eigenvalue weighted by molar-refractivity contribution is 5.82. The molecule has 0 spiro atoms. The molecule has 1 atom stereocenters. The first-order chi connectivity index (χ1) is 8.22. The number of rotatable bonds is 4. The Hall–Kier alpha value is -1.51. The first kappa shape index (κ1) is 12.0. The van der Waals surface area contributed by atoms with Gasteiger partial charge in [-0.15, -0.1) is 0 Å². The van der Waals surface area contributed by atoms with E-state index in [1.54, 1.807) is 0 Å². The van der Waals surface area contributed by atoms with Crippen molar-refractivity contribution in [2.24, 2.45) is 0 Å². The van der Waals surface area contributed by atoms with Crippen molar-refractivity contribution < 1.29 is 4.79 Å². The van der Waals surface area contributed by atoms with Gasteiger partial charge in [0.25, 0.3) is 0 Å². The predicted molar refractivity (Wildman–Crippen MR) is 70.3 cm³/mol. The largest absolute Gasteiger partial charge is 0.359 e. The molecule has 1 heterocycles. The molecule has 0 bridgehead atoms. The molecule has 3 heteroatoms. The first-order valence-electron chi connectivity index (χ1n) is 6.33. The monoisotopic (exact) mass is 232 g/mol. The van der Waals surface area contributed by atoms with Crippen LogP contribution >= 0.6 is 0 Å². The van der Waals surface area contributed by atoms with E-state index in [0.717, 1.165) is 19.4 Å². The number of nitrogens with one attached hydrogen (secondary N) is 1. The third-order valence-corrected chi connectivity index (χ3v) is 3.23.